The Labute approximate surface area is 76.6 Å². The molecule has 1 saturated carbocycles. The van der Waals surface area contributed by atoms with Crippen LogP contribution in [0.5, 0.6) is 0 Å². The smallest absolute Gasteiger partial charge is 0.254 e. The van der Waals surface area contributed by atoms with Crippen LogP contribution >= 0.6 is 11.6 Å². The van der Waals surface area contributed by atoms with E-state index in [9.17, 15) is 4.79 Å². The molecule has 3 atom stereocenters. The molecule has 1 saturated heterocycles. The molecule has 2 fully saturated rings. The van der Waals surface area contributed by atoms with E-state index in [0.29, 0.717) is 0 Å². The van der Waals surface area contributed by atoms with Gasteiger partial charge in [-0.1, -0.05) is 0 Å². The lowest BCUT2D eigenvalue weighted by molar-refractivity contribution is -0.164. The molecule has 0 bridgehead atoms. The summed E-state index contributed by atoms with van der Waals surface area (Å²) in [7, 11) is 1.65. The minimum atomic E-state index is -0.360. The van der Waals surface area contributed by atoms with E-state index >= 15 is 0 Å². The van der Waals surface area contributed by atoms with E-state index in [-0.39, 0.29) is 22.8 Å². The maximum Gasteiger partial charge on any atom is 0.254 e. The molecule has 1 aliphatic heterocycles. The molecule has 0 radical (unpaired) electrons. The third-order valence-corrected chi connectivity index (χ3v) is 3.39. The van der Waals surface area contributed by atoms with Gasteiger partial charge in [0.1, 0.15) is 6.10 Å². The number of rotatable bonds is 0. The molecule has 0 aromatic heterocycles. The molecular weight excluding hydrogens is 178 g/mol. The highest BCUT2D eigenvalue weighted by Gasteiger charge is 2.57. The molecule has 3 unspecified atom stereocenters. The van der Waals surface area contributed by atoms with Crippen molar-refractivity contribution in [3.8, 4) is 0 Å². The normalized spacial score (nSPS) is 46.9. The molecule has 0 N–H and O–H groups in total. The van der Waals surface area contributed by atoms with Gasteiger partial charge in [-0.25, -0.2) is 5.06 Å². The molecule has 1 heterocycles. The van der Waals surface area contributed by atoms with E-state index in [1.807, 2.05) is 6.92 Å². The number of alkyl halides is 1. The van der Waals surface area contributed by atoms with Crippen molar-refractivity contribution in [3.05, 3.63) is 0 Å². The Balaban J connectivity index is 2.31. The third-order valence-electron chi connectivity index (χ3n) is 2.94. The highest BCUT2D eigenvalue weighted by molar-refractivity contribution is 6.21. The minimum absolute atomic E-state index is 0.0103. The van der Waals surface area contributed by atoms with Crippen LogP contribution in [0.3, 0.4) is 0 Å². The maximum atomic E-state index is 11.6. The second-order valence-electron chi connectivity index (χ2n) is 3.80. The lowest BCUT2D eigenvalue weighted by Crippen LogP contribution is -2.32. The number of halogens is 1. The van der Waals surface area contributed by atoms with Crippen LogP contribution in [0.25, 0.3) is 0 Å². The minimum Gasteiger partial charge on any atom is -0.272 e. The summed E-state index contributed by atoms with van der Waals surface area (Å²) in [6.07, 6.45) is 1.61. The van der Waals surface area contributed by atoms with E-state index < -0.39 is 0 Å². The first kappa shape index (κ1) is 8.32. The van der Waals surface area contributed by atoms with Gasteiger partial charge in [0.15, 0.2) is 0 Å². The highest BCUT2D eigenvalue weighted by Crippen LogP contribution is 2.47. The predicted octanol–water partition coefficient (Wildman–Crippen LogP) is 1.17. The Kier molecular flexibility index (Phi) is 1.64. The van der Waals surface area contributed by atoms with Crippen molar-refractivity contribution in [1.29, 1.82) is 0 Å². The van der Waals surface area contributed by atoms with Crippen LogP contribution in [-0.4, -0.2) is 29.5 Å². The quantitative estimate of drug-likeness (QED) is 0.536. The van der Waals surface area contributed by atoms with Crippen LogP contribution in [-0.2, 0) is 9.63 Å². The average Bonchev–Trinajstić information content (AvgIpc) is 2.42. The first-order chi connectivity index (χ1) is 5.55. The lowest BCUT2D eigenvalue weighted by atomic mass is 9.86. The molecule has 1 amide bonds. The second kappa shape index (κ2) is 2.36. The molecule has 3 nitrogen and oxygen atoms in total. The summed E-state index contributed by atoms with van der Waals surface area (Å²) in [5.74, 6) is 0.0654. The monoisotopic (exact) mass is 189 g/mol. The SMILES string of the molecule is CN1OC2C(Cl)CCC2(C)C1=O. The van der Waals surface area contributed by atoms with Crippen molar-refractivity contribution >= 4 is 17.5 Å². The maximum absolute atomic E-state index is 11.6. The molecule has 2 aliphatic rings. The van der Waals surface area contributed by atoms with Gasteiger partial charge in [-0.15, -0.1) is 11.6 Å². The standard InChI is InChI=1S/C8H12ClNO2/c1-8-4-3-5(9)6(8)12-10(2)7(8)11/h5-6H,3-4H2,1-2H3. The van der Waals surface area contributed by atoms with Gasteiger partial charge in [-0.05, 0) is 19.8 Å². The van der Waals surface area contributed by atoms with Crippen molar-refractivity contribution in [2.24, 2.45) is 5.41 Å². The highest BCUT2D eigenvalue weighted by atomic mass is 35.5. The Bertz CT molecular complexity index is 233. The number of nitrogens with zero attached hydrogens (tertiary/aromatic N) is 1. The van der Waals surface area contributed by atoms with E-state index in [1.54, 1.807) is 7.05 Å². The predicted molar refractivity (Wildman–Crippen MR) is 44.6 cm³/mol. The fourth-order valence-corrected chi connectivity index (χ4v) is 2.55. The zero-order chi connectivity index (χ0) is 8.93. The number of carbonyl (C=O) groups excluding carboxylic acids is 1. The van der Waals surface area contributed by atoms with E-state index in [1.165, 1.54) is 5.06 Å². The number of carbonyl (C=O) groups is 1. The van der Waals surface area contributed by atoms with Crippen molar-refractivity contribution in [3.63, 3.8) is 0 Å². The molecule has 2 rings (SSSR count). The Hall–Kier alpha value is -0.280. The van der Waals surface area contributed by atoms with Crippen molar-refractivity contribution in [1.82, 2.24) is 5.06 Å². The van der Waals surface area contributed by atoms with Crippen LogP contribution in [0.4, 0.5) is 0 Å². The fourth-order valence-electron chi connectivity index (χ4n) is 2.12. The average molecular weight is 190 g/mol. The molecule has 0 aromatic rings. The van der Waals surface area contributed by atoms with Crippen LogP contribution in [0.2, 0.25) is 0 Å². The molecule has 0 aromatic carbocycles. The Morgan fingerprint density at radius 1 is 1.75 bits per heavy atom. The van der Waals surface area contributed by atoms with Crippen LogP contribution < -0.4 is 0 Å². The number of hydrogen-bond donors (Lipinski definition) is 0. The number of hydrogen-bond acceptors (Lipinski definition) is 2. The van der Waals surface area contributed by atoms with Crippen molar-refractivity contribution in [2.75, 3.05) is 7.05 Å². The first-order valence-corrected chi connectivity index (χ1v) is 4.58. The van der Waals surface area contributed by atoms with Gasteiger partial charge in [0.25, 0.3) is 5.91 Å². The zero-order valence-electron chi connectivity index (χ0n) is 7.21. The third kappa shape index (κ3) is 0.837. The second-order valence-corrected chi connectivity index (χ2v) is 4.36. The van der Waals surface area contributed by atoms with Gasteiger partial charge in [-0.2, -0.15) is 0 Å². The lowest BCUT2D eigenvalue weighted by Gasteiger charge is -2.17. The number of hydroxylamine groups is 2. The van der Waals surface area contributed by atoms with Gasteiger partial charge in [0.2, 0.25) is 0 Å². The summed E-state index contributed by atoms with van der Waals surface area (Å²) >= 11 is 6.03. The van der Waals surface area contributed by atoms with E-state index in [0.717, 1.165) is 12.8 Å². The van der Waals surface area contributed by atoms with Gasteiger partial charge < -0.3 is 0 Å². The van der Waals surface area contributed by atoms with Crippen molar-refractivity contribution in [2.45, 2.75) is 31.2 Å². The van der Waals surface area contributed by atoms with Crippen LogP contribution in [0, 0.1) is 5.41 Å². The zero-order valence-corrected chi connectivity index (χ0v) is 7.97. The molecule has 0 spiro atoms. The van der Waals surface area contributed by atoms with E-state index in [4.69, 9.17) is 16.4 Å². The van der Waals surface area contributed by atoms with Crippen LogP contribution in [0.1, 0.15) is 19.8 Å². The summed E-state index contributed by atoms with van der Waals surface area (Å²) in [5, 5.41) is 1.31. The van der Waals surface area contributed by atoms with Crippen LogP contribution in [0.15, 0.2) is 0 Å². The Morgan fingerprint density at radius 2 is 2.42 bits per heavy atom. The number of fused-ring (bicyclic) bond motifs is 1. The van der Waals surface area contributed by atoms with Gasteiger partial charge in [-0.3, -0.25) is 9.63 Å². The summed E-state index contributed by atoms with van der Waals surface area (Å²) in [6, 6.07) is 0. The van der Waals surface area contributed by atoms with Gasteiger partial charge in [0.05, 0.1) is 10.8 Å². The van der Waals surface area contributed by atoms with Crippen molar-refractivity contribution < 1.29 is 9.63 Å². The topological polar surface area (TPSA) is 29.5 Å². The largest absolute Gasteiger partial charge is 0.272 e. The molecule has 68 valence electrons. The van der Waals surface area contributed by atoms with Gasteiger partial charge >= 0.3 is 0 Å². The molecule has 1 aliphatic carbocycles. The summed E-state index contributed by atoms with van der Waals surface area (Å²) in [4.78, 5) is 17.0. The van der Waals surface area contributed by atoms with Gasteiger partial charge in [0, 0.05) is 7.05 Å². The summed E-state index contributed by atoms with van der Waals surface area (Å²) in [5.41, 5.74) is -0.360. The molecular formula is C8H12ClNO2. The van der Waals surface area contributed by atoms with E-state index in [2.05, 4.69) is 0 Å². The molecule has 12 heavy (non-hydrogen) atoms. The summed E-state index contributed by atoms with van der Waals surface area (Å²) < 4.78 is 0. The number of amides is 1. The first-order valence-electron chi connectivity index (χ1n) is 4.15. The Morgan fingerprint density at radius 3 is 3.00 bits per heavy atom. The molecule has 4 heteroatoms. The summed E-state index contributed by atoms with van der Waals surface area (Å²) in [6.45, 7) is 1.94. The fraction of sp³-hybridized carbons (Fsp3) is 0.875.